The third-order valence-corrected chi connectivity index (χ3v) is 5.92. The summed E-state index contributed by atoms with van der Waals surface area (Å²) in [5, 5.41) is 17.1. The zero-order valence-corrected chi connectivity index (χ0v) is 22.7. The number of esters is 1. The van der Waals surface area contributed by atoms with Crippen LogP contribution in [0.15, 0.2) is 35.0 Å². The molecule has 4 rings (SSSR count). The smallest absolute Gasteiger partial charge is 0.307 e. The van der Waals surface area contributed by atoms with Crippen LogP contribution in [0.2, 0.25) is 0 Å². The maximum atomic E-state index is 12.0. The minimum atomic E-state index is -0.475. The number of anilines is 2. The van der Waals surface area contributed by atoms with Crippen LogP contribution in [0.25, 0.3) is 11.5 Å². The van der Waals surface area contributed by atoms with Crippen LogP contribution in [-0.4, -0.2) is 45.9 Å². The summed E-state index contributed by atoms with van der Waals surface area (Å²) >= 11 is 0. The van der Waals surface area contributed by atoms with E-state index in [0.29, 0.717) is 30.0 Å². The number of hydrogen-bond acceptors (Lipinski definition) is 10. The van der Waals surface area contributed by atoms with Crippen LogP contribution in [0.3, 0.4) is 0 Å². The predicted octanol–water partition coefficient (Wildman–Crippen LogP) is 4.87. The van der Waals surface area contributed by atoms with E-state index in [1.807, 2.05) is 39.5 Å². The topological polar surface area (TPSA) is 126 Å². The average molecular weight is 519 g/mol. The number of nitriles is 1. The van der Waals surface area contributed by atoms with Crippen molar-refractivity contribution in [3.05, 3.63) is 47.2 Å². The molecule has 0 amide bonds. The number of rotatable bonds is 9. The molecule has 0 saturated heterocycles. The highest BCUT2D eigenvalue weighted by Gasteiger charge is 2.26. The SMILES string of the molecule is CC(C)Oc1ncc(-c2nc(N3CCc4cc([C@H](C)NCCC(=O)OC(C)(C)C)ccc43)no2)cc1C#N. The fraction of sp³-hybridized carbons (Fsp3) is 0.464. The lowest BCUT2D eigenvalue weighted by atomic mass is 10.0. The van der Waals surface area contributed by atoms with Crippen molar-refractivity contribution in [1.82, 2.24) is 20.4 Å². The second-order valence-corrected chi connectivity index (χ2v) is 10.6. The van der Waals surface area contributed by atoms with Gasteiger partial charge in [-0.25, -0.2) is 4.98 Å². The Balaban J connectivity index is 1.42. The van der Waals surface area contributed by atoms with E-state index in [4.69, 9.17) is 14.0 Å². The molecule has 0 bridgehead atoms. The molecule has 200 valence electrons. The van der Waals surface area contributed by atoms with E-state index in [1.54, 1.807) is 12.3 Å². The third kappa shape index (κ3) is 6.47. The van der Waals surface area contributed by atoms with Gasteiger partial charge in [-0.05, 0) is 76.4 Å². The number of fused-ring (bicyclic) bond motifs is 1. The summed E-state index contributed by atoms with van der Waals surface area (Å²) in [6.07, 6.45) is 2.64. The minimum absolute atomic E-state index is 0.0815. The van der Waals surface area contributed by atoms with Gasteiger partial charge in [-0.1, -0.05) is 12.1 Å². The molecule has 1 aliphatic heterocycles. The lowest BCUT2D eigenvalue weighted by Gasteiger charge is -2.20. The molecule has 0 spiro atoms. The molecular formula is C28H34N6O4. The first-order valence-corrected chi connectivity index (χ1v) is 12.8. The van der Waals surface area contributed by atoms with Gasteiger partial charge >= 0.3 is 5.97 Å². The Kier molecular flexibility index (Phi) is 7.97. The van der Waals surface area contributed by atoms with Gasteiger partial charge in [-0.2, -0.15) is 10.2 Å². The molecule has 0 aliphatic carbocycles. The van der Waals surface area contributed by atoms with E-state index in [2.05, 4.69) is 51.6 Å². The lowest BCUT2D eigenvalue weighted by molar-refractivity contribution is -0.154. The van der Waals surface area contributed by atoms with Gasteiger partial charge in [0.15, 0.2) is 0 Å². The van der Waals surface area contributed by atoms with Gasteiger partial charge in [0.2, 0.25) is 5.88 Å². The fourth-order valence-electron chi connectivity index (χ4n) is 4.21. The lowest BCUT2D eigenvalue weighted by Crippen LogP contribution is -2.27. The number of aromatic nitrogens is 3. The Hall–Kier alpha value is -3.97. The van der Waals surface area contributed by atoms with Gasteiger partial charge in [0.25, 0.3) is 11.8 Å². The monoisotopic (exact) mass is 518 g/mol. The molecule has 1 N–H and O–H groups in total. The third-order valence-electron chi connectivity index (χ3n) is 5.92. The van der Waals surface area contributed by atoms with Crippen LogP contribution in [-0.2, 0) is 16.0 Å². The quantitative estimate of drug-likeness (QED) is 0.392. The normalized spacial score (nSPS) is 13.8. The standard InChI is InChI=1S/C28H34N6O4/c1-17(2)36-25-21(15-29)14-22(16-31-25)26-32-27(33-38-26)34-12-10-20-13-19(7-8-23(20)34)18(3)30-11-9-24(35)37-28(4,5)6/h7-8,13-14,16-18,30H,9-12H2,1-6H3/t18-/m0/s1. The number of hydrogen-bond donors (Lipinski definition) is 1. The highest BCUT2D eigenvalue weighted by atomic mass is 16.6. The zero-order valence-electron chi connectivity index (χ0n) is 22.7. The van der Waals surface area contributed by atoms with E-state index in [0.717, 1.165) is 24.2 Å². The first kappa shape index (κ1) is 27.1. The molecule has 1 aliphatic rings. The Bertz CT molecular complexity index is 1340. The van der Waals surface area contributed by atoms with E-state index < -0.39 is 5.60 Å². The van der Waals surface area contributed by atoms with Gasteiger partial charge in [-0.15, -0.1) is 0 Å². The van der Waals surface area contributed by atoms with Crippen molar-refractivity contribution in [3.8, 4) is 23.4 Å². The summed E-state index contributed by atoms with van der Waals surface area (Å²) in [5.74, 6) is 0.814. The van der Waals surface area contributed by atoms with Crippen molar-refractivity contribution >= 4 is 17.6 Å². The van der Waals surface area contributed by atoms with Gasteiger partial charge < -0.3 is 24.2 Å². The number of ether oxygens (including phenoxy) is 2. The van der Waals surface area contributed by atoms with E-state index >= 15 is 0 Å². The van der Waals surface area contributed by atoms with Crippen LogP contribution in [0.1, 0.15) is 70.7 Å². The van der Waals surface area contributed by atoms with Crippen LogP contribution in [0, 0.1) is 11.3 Å². The summed E-state index contributed by atoms with van der Waals surface area (Å²) in [4.78, 5) is 22.8. The number of carbonyl (C=O) groups excluding carboxylic acids is 1. The summed E-state index contributed by atoms with van der Waals surface area (Å²) in [7, 11) is 0. The number of nitrogens with zero attached hydrogens (tertiary/aromatic N) is 5. The van der Waals surface area contributed by atoms with Gasteiger partial charge in [0.1, 0.15) is 17.2 Å². The van der Waals surface area contributed by atoms with Crippen LogP contribution in [0.5, 0.6) is 5.88 Å². The van der Waals surface area contributed by atoms with Crippen molar-refractivity contribution in [3.63, 3.8) is 0 Å². The number of carbonyl (C=O) groups is 1. The molecule has 0 saturated carbocycles. The summed E-state index contributed by atoms with van der Waals surface area (Å²) in [6.45, 7) is 12.7. The zero-order chi connectivity index (χ0) is 27.4. The van der Waals surface area contributed by atoms with Gasteiger partial charge in [-0.3, -0.25) is 4.79 Å². The largest absolute Gasteiger partial charge is 0.474 e. The summed E-state index contributed by atoms with van der Waals surface area (Å²) in [6, 6.07) is 10.1. The first-order chi connectivity index (χ1) is 18.0. The van der Waals surface area contributed by atoms with Crippen molar-refractivity contribution < 1.29 is 18.8 Å². The minimum Gasteiger partial charge on any atom is -0.474 e. The average Bonchev–Trinajstić information content (AvgIpc) is 3.49. The van der Waals surface area contributed by atoms with Crippen molar-refractivity contribution in [1.29, 1.82) is 5.26 Å². The molecule has 10 nitrogen and oxygen atoms in total. The Morgan fingerprint density at radius 2 is 2.05 bits per heavy atom. The molecule has 1 aromatic carbocycles. The second-order valence-electron chi connectivity index (χ2n) is 10.6. The second kappa shape index (κ2) is 11.2. The Labute approximate surface area is 223 Å². The summed E-state index contributed by atoms with van der Waals surface area (Å²) in [5.41, 5.74) is 3.75. The van der Waals surface area contributed by atoms with Gasteiger partial charge in [0.05, 0.1) is 18.1 Å². The predicted molar refractivity (Wildman–Crippen MR) is 142 cm³/mol. The van der Waals surface area contributed by atoms with E-state index in [1.165, 1.54) is 5.56 Å². The van der Waals surface area contributed by atoms with E-state index in [-0.39, 0.29) is 29.9 Å². The fourth-order valence-corrected chi connectivity index (χ4v) is 4.21. The molecule has 38 heavy (non-hydrogen) atoms. The molecule has 0 fully saturated rings. The molecule has 0 unspecified atom stereocenters. The molecule has 3 aromatic rings. The van der Waals surface area contributed by atoms with Crippen molar-refractivity contribution in [2.45, 2.75) is 72.1 Å². The maximum Gasteiger partial charge on any atom is 0.307 e. The highest BCUT2D eigenvalue weighted by molar-refractivity contribution is 5.70. The van der Waals surface area contributed by atoms with Crippen LogP contribution < -0.4 is 15.0 Å². The maximum absolute atomic E-state index is 12.0. The highest BCUT2D eigenvalue weighted by Crippen LogP contribution is 2.35. The molecule has 1 atom stereocenters. The van der Waals surface area contributed by atoms with Crippen LogP contribution in [0.4, 0.5) is 11.6 Å². The number of pyridine rings is 1. The van der Waals surface area contributed by atoms with Crippen molar-refractivity contribution in [2.75, 3.05) is 18.0 Å². The Morgan fingerprint density at radius 1 is 1.26 bits per heavy atom. The summed E-state index contributed by atoms with van der Waals surface area (Å²) < 4.78 is 16.5. The number of benzene rings is 1. The molecule has 2 aromatic heterocycles. The van der Waals surface area contributed by atoms with Crippen molar-refractivity contribution in [2.24, 2.45) is 0 Å². The molecule has 0 radical (unpaired) electrons. The first-order valence-electron chi connectivity index (χ1n) is 12.8. The van der Waals surface area contributed by atoms with Crippen LogP contribution >= 0.6 is 0 Å². The van der Waals surface area contributed by atoms with Gasteiger partial charge in [0, 0.05) is 31.0 Å². The molecule has 3 heterocycles. The van der Waals surface area contributed by atoms with E-state index in [9.17, 15) is 10.1 Å². The molecule has 10 heteroatoms. The number of nitrogens with one attached hydrogen (secondary N) is 1. The Morgan fingerprint density at radius 3 is 2.76 bits per heavy atom. The molecular weight excluding hydrogens is 484 g/mol.